The van der Waals surface area contributed by atoms with E-state index in [-0.39, 0.29) is 12.4 Å². The van der Waals surface area contributed by atoms with Crippen LogP contribution in [0.15, 0.2) is 47.4 Å². The molecule has 0 fully saturated rings. The van der Waals surface area contributed by atoms with Gasteiger partial charge in [-0.1, -0.05) is 18.2 Å². The number of amides is 1. The Kier molecular flexibility index (Phi) is 6.78. The van der Waals surface area contributed by atoms with Crippen LogP contribution in [-0.2, 0) is 15.8 Å². The van der Waals surface area contributed by atoms with Crippen molar-refractivity contribution in [2.45, 2.75) is 12.6 Å². The van der Waals surface area contributed by atoms with Crippen LogP contribution in [0.2, 0.25) is 0 Å². The molecule has 0 unspecified atom stereocenters. The molecule has 0 bridgehead atoms. The number of anilines is 1. The first-order valence-corrected chi connectivity index (χ1v) is 9.29. The lowest BCUT2D eigenvalue weighted by Crippen LogP contribution is -2.32. The van der Waals surface area contributed by atoms with Gasteiger partial charge in [0.2, 0.25) is 0 Å². The molecule has 11 heteroatoms. The molecule has 1 heterocycles. The smallest absolute Gasteiger partial charge is 0.350 e. The van der Waals surface area contributed by atoms with E-state index < -0.39 is 38.3 Å². The van der Waals surface area contributed by atoms with Gasteiger partial charge in [-0.2, -0.15) is 4.98 Å². The Morgan fingerprint density at radius 1 is 1.27 bits per heavy atom. The number of ether oxygens (including phenoxy) is 1. The molecule has 2 rings (SSSR count). The summed E-state index contributed by atoms with van der Waals surface area (Å²) >= 11 is 0. The summed E-state index contributed by atoms with van der Waals surface area (Å²) in [4.78, 5) is 45.3. The second-order valence-corrected chi connectivity index (χ2v) is 6.92. The van der Waals surface area contributed by atoms with Gasteiger partial charge in [0.25, 0.3) is 5.91 Å². The van der Waals surface area contributed by atoms with E-state index in [1.54, 1.807) is 30.3 Å². The molecule has 140 valence electrons. The molecule has 26 heavy (non-hydrogen) atoms. The maximum Gasteiger partial charge on any atom is 0.350 e. The van der Waals surface area contributed by atoms with Crippen molar-refractivity contribution in [1.29, 1.82) is 0 Å². The number of carbonyl (C=O) groups excluding carboxylic acids is 1. The summed E-state index contributed by atoms with van der Waals surface area (Å²) in [7, 11) is -4.39. The number of nitrogens with one attached hydrogen (secondary N) is 1. The van der Waals surface area contributed by atoms with Gasteiger partial charge in [-0.25, -0.2) is 4.79 Å². The van der Waals surface area contributed by atoms with Crippen molar-refractivity contribution in [2.75, 3.05) is 18.3 Å². The Bertz CT molecular complexity index is 850. The van der Waals surface area contributed by atoms with Gasteiger partial charge in [-0.05, 0) is 18.2 Å². The van der Waals surface area contributed by atoms with E-state index in [1.807, 2.05) is 0 Å². The van der Waals surface area contributed by atoms with Gasteiger partial charge in [-0.15, -0.1) is 0 Å². The SMILES string of the molecule is O=C(Nc1ccn(C[C@@H](CO)OCP(=O)(O)O)c(=O)n1)c1ccccc1. The first-order chi connectivity index (χ1) is 12.3. The molecule has 10 nitrogen and oxygen atoms in total. The predicted molar refractivity (Wildman–Crippen MR) is 91.8 cm³/mol. The average Bonchev–Trinajstić information content (AvgIpc) is 2.60. The standard InChI is InChI=1S/C15H18N3O7P/c19-9-12(25-10-26(22,23)24)8-18-7-6-13(17-15(18)21)16-14(20)11-4-2-1-3-5-11/h1-7,12,19H,8-10H2,(H2,22,23,24)(H,16,17,20,21)/t12-/m0/s1. The van der Waals surface area contributed by atoms with Gasteiger partial charge in [0.1, 0.15) is 12.2 Å². The Morgan fingerprint density at radius 3 is 2.54 bits per heavy atom. The van der Waals surface area contributed by atoms with E-state index in [0.717, 1.165) is 4.57 Å². The lowest BCUT2D eigenvalue weighted by atomic mass is 10.2. The largest absolute Gasteiger partial charge is 0.394 e. The van der Waals surface area contributed by atoms with Crippen molar-refractivity contribution in [3.8, 4) is 0 Å². The second-order valence-electron chi connectivity index (χ2n) is 5.33. The zero-order valence-corrected chi connectivity index (χ0v) is 14.5. The van der Waals surface area contributed by atoms with Crippen LogP contribution in [0.4, 0.5) is 5.82 Å². The number of benzene rings is 1. The van der Waals surface area contributed by atoms with E-state index in [1.165, 1.54) is 12.3 Å². The minimum Gasteiger partial charge on any atom is -0.394 e. The van der Waals surface area contributed by atoms with E-state index in [4.69, 9.17) is 14.5 Å². The quantitative estimate of drug-likeness (QED) is 0.465. The molecule has 2 aromatic rings. The highest BCUT2D eigenvalue weighted by molar-refractivity contribution is 7.51. The van der Waals surface area contributed by atoms with Crippen LogP contribution in [0.3, 0.4) is 0 Å². The van der Waals surface area contributed by atoms with Crippen LogP contribution in [0.25, 0.3) is 0 Å². The zero-order chi connectivity index (χ0) is 19.2. The summed E-state index contributed by atoms with van der Waals surface area (Å²) in [6.07, 6.45) is -0.530. The molecule has 1 aromatic heterocycles. The van der Waals surface area contributed by atoms with Gasteiger partial charge in [0.15, 0.2) is 0 Å². The number of aromatic nitrogens is 2. The van der Waals surface area contributed by atoms with Crippen molar-refractivity contribution in [2.24, 2.45) is 0 Å². The highest BCUT2D eigenvalue weighted by Gasteiger charge is 2.18. The van der Waals surface area contributed by atoms with Gasteiger partial charge < -0.3 is 24.9 Å². The topological polar surface area (TPSA) is 151 Å². The molecule has 4 N–H and O–H groups in total. The molecule has 0 aliphatic heterocycles. The average molecular weight is 383 g/mol. The minimum absolute atomic E-state index is 0.0526. The lowest BCUT2D eigenvalue weighted by molar-refractivity contribution is 0.0188. The van der Waals surface area contributed by atoms with Crippen LogP contribution < -0.4 is 11.0 Å². The van der Waals surface area contributed by atoms with Crippen LogP contribution in [0.5, 0.6) is 0 Å². The number of aliphatic hydroxyl groups excluding tert-OH is 1. The summed E-state index contributed by atoms with van der Waals surface area (Å²) in [6.45, 7) is -0.700. The van der Waals surface area contributed by atoms with Crippen LogP contribution in [-0.4, -0.2) is 49.4 Å². The van der Waals surface area contributed by atoms with Gasteiger partial charge in [0, 0.05) is 11.8 Å². The number of hydrogen-bond acceptors (Lipinski definition) is 6. The van der Waals surface area contributed by atoms with Crippen molar-refractivity contribution in [3.63, 3.8) is 0 Å². The molecule has 1 amide bonds. The molecule has 0 aliphatic rings. The number of rotatable bonds is 8. The molecule has 0 saturated heterocycles. The molecule has 0 spiro atoms. The minimum atomic E-state index is -4.39. The van der Waals surface area contributed by atoms with Gasteiger partial charge >= 0.3 is 13.3 Å². The van der Waals surface area contributed by atoms with Crippen LogP contribution in [0, 0.1) is 0 Å². The van der Waals surface area contributed by atoms with E-state index in [9.17, 15) is 19.3 Å². The van der Waals surface area contributed by atoms with E-state index >= 15 is 0 Å². The van der Waals surface area contributed by atoms with E-state index in [0.29, 0.717) is 5.56 Å². The first-order valence-electron chi connectivity index (χ1n) is 7.49. The maximum absolute atomic E-state index is 12.0. The summed E-state index contributed by atoms with van der Waals surface area (Å²) in [5.74, 6) is -0.370. The fourth-order valence-electron chi connectivity index (χ4n) is 2.00. The van der Waals surface area contributed by atoms with Crippen molar-refractivity contribution in [3.05, 3.63) is 58.6 Å². The number of nitrogens with zero attached hydrogens (tertiary/aromatic N) is 2. The Balaban J connectivity index is 2.03. The van der Waals surface area contributed by atoms with Crippen molar-refractivity contribution < 1.29 is 29.0 Å². The van der Waals surface area contributed by atoms with Gasteiger partial charge in [-0.3, -0.25) is 13.9 Å². The van der Waals surface area contributed by atoms with Crippen LogP contribution >= 0.6 is 7.60 Å². The van der Waals surface area contributed by atoms with Crippen molar-refractivity contribution >= 4 is 19.3 Å². The zero-order valence-electron chi connectivity index (χ0n) is 13.6. The summed E-state index contributed by atoms with van der Waals surface area (Å²) in [5.41, 5.74) is -0.307. The Hall–Kier alpha value is -2.36. The normalized spacial score (nSPS) is 12.6. The third kappa shape index (κ3) is 6.17. The van der Waals surface area contributed by atoms with Crippen LogP contribution in [0.1, 0.15) is 10.4 Å². The summed E-state index contributed by atoms with van der Waals surface area (Å²) < 4.78 is 16.8. The molecule has 0 aliphatic carbocycles. The third-order valence-corrected chi connectivity index (χ3v) is 3.72. The highest BCUT2D eigenvalue weighted by Crippen LogP contribution is 2.34. The monoisotopic (exact) mass is 383 g/mol. The third-order valence-electron chi connectivity index (χ3n) is 3.23. The number of carbonyl (C=O) groups is 1. The fourth-order valence-corrected chi connectivity index (χ4v) is 2.41. The Morgan fingerprint density at radius 2 is 1.96 bits per heavy atom. The summed E-state index contributed by atoms with van der Waals surface area (Å²) in [6, 6.07) is 9.78. The predicted octanol–water partition coefficient (Wildman–Crippen LogP) is 0.00830. The molecule has 0 radical (unpaired) electrons. The van der Waals surface area contributed by atoms with Crippen molar-refractivity contribution in [1.82, 2.24) is 9.55 Å². The number of aliphatic hydroxyl groups is 1. The number of hydrogen-bond donors (Lipinski definition) is 4. The van der Waals surface area contributed by atoms with E-state index in [2.05, 4.69) is 10.3 Å². The van der Waals surface area contributed by atoms with Gasteiger partial charge in [0.05, 0.1) is 19.3 Å². The highest BCUT2D eigenvalue weighted by atomic mass is 31.2. The summed E-state index contributed by atoms with van der Waals surface area (Å²) in [5, 5.41) is 11.7. The molecular formula is C15H18N3O7P. The molecular weight excluding hydrogens is 365 g/mol. The second kappa shape index (κ2) is 8.84. The maximum atomic E-state index is 12.0. The molecule has 1 atom stereocenters. The molecule has 1 aromatic carbocycles. The first kappa shape index (κ1) is 20.0. The lowest BCUT2D eigenvalue weighted by Gasteiger charge is -2.17. The fraction of sp³-hybridized carbons (Fsp3) is 0.267. The Labute approximate surface area is 148 Å². The molecule has 0 saturated carbocycles.